The van der Waals surface area contributed by atoms with Crippen molar-refractivity contribution in [3.8, 4) is 0 Å². The lowest BCUT2D eigenvalue weighted by atomic mass is 10.4. The van der Waals surface area contributed by atoms with Crippen LogP contribution in [0.3, 0.4) is 0 Å². The third kappa shape index (κ3) is 7.72. The fourth-order valence-corrected chi connectivity index (χ4v) is 2.83. The van der Waals surface area contributed by atoms with Gasteiger partial charge in [0.15, 0.2) is 9.84 Å². The Bertz CT molecular complexity index is 240. The van der Waals surface area contributed by atoms with Gasteiger partial charge in [-0.1, -0.05) is 0 Å². The van der Waals surface area contributed by atoms with Gasteiger partial charge in [-0.05, 0) is 13.5 Å². The molecule has 15 heavy (non-hydrogen) atoms. The number of nitrogens with one attached hydrogen (secondary N) is 1. The van der Waals surface area contributed by atoms with Crippen LogP contribution in [-0.2, 0) is 19.3 Å². The minimum atomic E-state index is -3.01. The van der Waals surface area contributed by atoms with E-state index in [-0.39, 0.29) is 17.5 Å². The molecule has 0 aliphatic heterocycles. The van der Waals surface area contributed by atoms with E-state index < -0.39 is 9.84 Å². The molecule has 1 unspecified atom stereocenters. The number of rotatable bonds is 9. The summed E-state index contributed by atoms with van der Waals surface area (Å²) >= 11 is 0. The predicted octanol–water partition coefficient (Wildman–Crippen LogP) is -0.328. The molecule has 0 aromatic heterocycles. The van der Waals surface area contributed by atoms with Gasteiger partial charge in [-0.25, -0.2) is 8.42 Å². The predicted molar refractivity (Wildman–Crippen MR) is 59.9 cm³/mol. The molecule has 5 nitrogen and oxygen atoms in total. The highest BCUT2D eigenvalue weighted by Crippen LogP contribution is 1.98. The van der Waals surface area contributed by atoms with Crippen LogP contribution < -0.4 is 5.32 Å². The van der Waals surface area contributed by atoms with Crippen molar-refractivity contribution in [3.05, 3.63) is 0 Å². The molecule has 1 atom stereocenters. The SMILES string of the molecule is CNC(COC)CS(=O)(=O)CCCOC. The normalized spacial score (nSPS) is 14.1. The largest absolute Gasteiger partial charge is 0.385 e. The van der Waals surface area contributed by atoms with Crippen LogP contribution in [-0.4, -0.2) is 60.4 Å². The van der Waals surface area contributed by atoms with E-state index >= 15 is 0 Å². The monoisotopic (exact) mass is 239 g/mol. The fraction of sp³-hybridized carbons (Fsp3) is 1.00. The smallest absolute Gasteiger partial charge is 0.152 e. The van der Waals surface area contributed by atoms with Crippen LogP contribution in [0, 0.1) is 0 Å². The van der Waals surface area contributed by atoms with Gasteiger partial charge in [0.2, 0.25) is 0 Å². The maximum absolute atomic E-state index is 11.6. The van der Waals surface area contributed by atoms with E-state index in [1.54, 1.807) is 21.3 Å². The van der Waals surface area contributed by atoms with E-state index in [1.165, 1.54) is 0 Å². The average molecular weight is 239 g/mol. The van der Waals surface area contributed by atoms with Gasteiger partial charge in [-0.3, -0.25) is 0 Å². The highest BCUT2D eigenvalue weighted by molar-refractivity contribution is 7.91. The number of hydrogen-bond donors (Lipinski definition) is 1. The lowest BCUT2D eigenvalue weighted by Gasteiger charge is -2.14. The third-order valence-electron chi connectivity index (χ3n) is 2.04. The Hall–Kier alpha value is -0.170. The number of sulfone groups is 1. The van der Waals surface area contributed by atoms with Crippen LogP contribution in [0.15, 0.2) is 0 Å². The average Bonchev–Trinajstić information content (AvgIpc) is 2.17. The zero-order valence-corrected chi connectivity index (χ0v) is 10.5. The standard InChI is InChI=1S/C9H21NO4S/c1-10-9(7-14-3)8-15(11,12)6-4-5-13-2/h9-10H,4-8H2,1-3H3. The molecule has 0 aliphatic rings. The summed E-state index contributed by atoms with van der Waals surface area (Å²) in [5.41, 5.74) is 0. The second-order valence-electron chi connectivity index (χ2n) is 3.40. The Morgan fingerprint density at radius 2 is 1.93 bits per heavy atom. The van der Waals surface area contributed by atoms with Crippen molar-refractivity contribution in [2.75, 3.05) is 46.0 Å². The molecule has 0 spiro atoms. The van der Waals surface area contributed by atoms with Crippen LogP contribution in [0.1, 0.15) is 6.42 Å². The molecule has 0 radical (unpaired) electrons. The van der Waals surface area contributed by atoms with Gasteiger partial charge >= 0.3 is 0 Å². The van der Waals surface area contributed by atoms with Crippen molar-refractivity contribution in [1.82, 2.24) is 5.32 Å². The van der Waals surface area contributed by atoms with Gasteiger partial charge in [0, 0.05) is 26.9 Å². The summed E-state index contributed by atoms with van der Waals surface area (Å²) in [6.07, 6.45) is 0.544. The van der Waals surface area contributed by atoms with E-state index in [0.717, 1.165) is 0 Å². The molecule has 0 heterocycles. The highest BCUT2D eigenvalue weighted by Gasteiger charge is 2.17. The van der Waals surface area contributed by atoms with Crippen molar-refractivity contribution in [2.24, 2.45) is 0 Å². The van der Waals surface area contributed by atoms with Gasteiger partial charge in [-0.15, -0.1) is 0 Å². The molecule has 0 aromatic rings. The first-order valence-electron chi connectivity index (χ1n) is 4.91. The quantitative estimate of drug-likeness (QED) is 0.558. The van der Waals surface area contributed by atoms with Gasteiger partial charge in [-0.2, -0.15) is 0 Å². The highest BCUT2D eigenvalue weighted by atomic mass is 32.2. The molecule has 0 bridgehead atoms. The van der Waals surface area contributed by atoms with Crippen LogP contribution >= 0.6 is 0 Å². The molecule has 0 rings (SSSR count). The number of ether oxygens (including phenoxy) is 2. The summed E-state index contributed by atoms with van der Waals surface area (Å²) in [5, 5.41) is 2.91. The topological polar surface area (TPSA) is 64.6 Å². The first-order chi connectivity index (χ1) is 7.05. The van der Waals surface area contributed by atoms with E-state index in [1.807, 2.05) is 0 Å². The van der Waals surface area contributed by atoms with Crippen LogP contribution in [0.2, 0.25) is 0 Å². The maximum Gasteiger partial charge on any atom is 0.152 e. The Morgan fingerprint density at radius 1 is 1.27 bits per heavy atom. The van der Waals surface area contributed by atoms with Crippen molar-refractivity contribution in [1.29, 1.82) is 0 Å². The van der Waals surface area contributed by atoms with Crippen molar-refractivity contribution in [3.63, 3.8) is 0 Å². The molecule has 0 aliphatic carbocycles. The zero-order valence-electron chi connectivity index (χ0n) is 9.65. The van der Waals surface area contributed by atoms with Gasteiger partial charge in [0.25, 0.3) is 0 Å². The molecule has 1 N–H and O–H groups in total. The van der Waals surface area contributed by atoms with E-state index in [0.29, 0.717) is 19.6 Å². The second kappa shape index (κ2) is 8.04. The number of likely N-dealkylation sites (N-methyl/N-ethyl adjacent to an activating group) is 1. The third-order valence-corrected chi connectivity index (χ3v) is 3.86. The van der Waals surface area contributed by atoms with Crippen LogP contribution in [0.5, 0.6) is 0 Å². The molecule has 92 valence electrons. The van der Waals surface area contributed by atoms with Crippen molar-refractivity contribution in [2.45, 2.75) is 12.5 Å². The van der Waals surface area contributed by atoms with Crippen molar-refractivity contribution < 1.29 is 17.9 Å². The summed E-state index contributed by atoms with van der Waals surface area (Å²) in [7, 11) is 1.84. The Labute approximate surface area is 92.1 Å². The van der Waals surface area contributed by atoms with Crippen LogP contribution in [0.25, 0.3) is 0 Å². The fourth-order valence-electron chi connectivity index (χ4n) is 1.23. The Balaban J connectivity index is 3.99. The van der Waals surface area contributed by atoms with E-state index in [9.17, 15) is 8.42 Å². The van der Waals surface area contributed by atoms with E-state index in [2.05, 4.69) is 5.32 Å². The summed E-state index contributed by atoms with van der Waals surface area (Å²) in [6.45, 7) is 0.883. The summed E-state index contributed by atoms with van der Waals surface area (Å²) in [6, 6.07) is -0.137. The number of hydrogen-bond acceptors (Lipinski definition) is 5. The first kappa shape index (κ1) is 14.8. The molecule has 6 heteroatoms. The molecule has 0 aromatic carbocycles. The van der Waals surface area contributed by atoms with E-state index in [4.69, 9.17) is 9.47 Å². The summed E-state index contributed by atoms with van der Waals surface area (Å²) < 4.78 is 32.9. The van der Waals surface area contributed by atoms with Crippen LogP contribution in [0.4, 0.5) is 0 Å². The minimum Gasteiger partial charge on any atom is -0.385 e. The first-order valence-corrected chi connectivity index (χ1v) is 6.73. The van der Waals surface area contributed by atoms with Gasteiger partial charge < -0.3 is 14.8 Å². The molecule has 0 fully saturated rings. The Kier molecular flexibility index (Phi) is 7.95. The molecular weight excluding hydrogens is 218 g/mol. The van der Waals surface area contributed by atoms with Gasteiger partial charge in [0.05, 0.1) is 18.1 Å². The Morgan fingerprint density at radius 3 is 2.40 bits per heavy atom. The minimum absolute atomic E-state index is 0.112. The molecule has 0 amide bonds. The lowest BCUT2D eigenvalue weighted by Crippen LogP contribution is -2.37. The van der Waals surface area contributed by atoms with Gasteiger partial charge in [0.1, 0.15) is 0 Å². The lowest BCUT2D eigenvalue weighted by molar-refractivity contribution is 0.176. The molecule has 0 saturated carbocycles. The second-order valence-corrected chi connectivity index (χ2v) is 5.63. The van der Waals surface area contributed by atoms with Crippen molar-refractivity contribution >= 4 is 9.84 Å². The summed E-state index contributed by atoms with van der Waals surface area (Å²) in [4.78, 5) is 0. The maximum atomic E-state index is 11.6. The summed E-state index contributed by atoms with van der Waals surface area (Å²) in [5.74, 6) is 0.282. The number of methoxy groups -OCH3 is 2. The zero-order chi connectivity index (χ0) is 11.7. The molecule has 0 saturated heterocycles. The molecular formula is C9H21NO4S.